The molecule has 0 aliphatic carbocycles. The van der Waals surface area contributed by atoms with Crippen LogP contribution in [0, 0.1) is 11.3 Å². The molecular formula is C24H21N7O. The molecule has 32 heavy (non-hydrogen) atoms. The van der Waals surface area contributed by atoms with Gasteiger partial charge in [0.05, 0.1) is 37.0 Å². The summed E-state index contributed by atoms with van der Waals surface area (Å²) in [6.45, 7) is 1.17. The van der Waals surface area contributed by atoms with Crippen molar-refractivity contribution in [2.75, 3.05) is 16.8 Å². The van der Waals surface area contributed by atoms with E-state index in [9.17, 15) is 4.79 Å². The number of fused-ring (bicyclic) bond motifs is 2. The van der Waals surface area contributed by atoms with Crippen molar-refractivity contribution >= 4 is 34.1 Å². The van der Waals surface area contributed by atoms with E-state index in [-0.39, 0.29) is 5.91 Å². The van der Waals surface area contributed by atoms with Crippen molar-refractivity contribution in [1.82, 2.24) is 19.7 Å². The Morgan fingerprint density at radius 2 is 2.03 bits per heavy atom. The zero-order valence-corrected chi connectivity index (χ0v) is 17.4. The van der Waals surface area contributed by atoms with Crippen LogP contribution in [0.1, 0.15) is 17.5 Å². The molecule has 1 aliphatic rings. The lowest BCUT2D eigenvalue weighted by atomic mass is 10.1. The van der Waals surface area contributed by atoms with Crippen LogP contribution in [0.5, 0.6) is 0 Å². The Morgan fingerprint density at radius 1 is 1.16 bits per heavy atom. The monoisotopic (exact) mass is 423 g/mol. The van der Waals surface area contributed by atoms with Crippen LogP contribution in [-0.2, 0) is 24.2 Å². The van der Waals surface area contributed by atoms with Gasteiger partial charge in [0.15, 0.2) is 5.65 Å². The third-order valence-corrected chi connectivity index (χ3v) is 5.61. The van der Waals surface area contributed by atoms with Gasteiger partial charge in [-0.3, -0.25) is 4.79 Å². The lowest BCUT2D eigenvalue weighted by molar-refractivity contribution is -0.117. The van der Waals surface area contributed by atoms with E-state index in [1.54, 1.807) is 10.9 Å². The van der Waals surface area contributed by atoms with E-state index in [1.807, 2.05) is 47.4 Å². The van der Waals surface area contributed by atoms with Crippen LogP contribution >= 0.6 is 0 Å². The summed E-state index contributed by atoms with van der Waals surface area (Å²) >= 11 is 0. The minimum atomic E-state index is 0.0929. The predicted molar refractivity (Wildman–Crippen MR) is 121 cm³/mol. The minimum Gasteiger partial charge on any atom is -0.339 e. The number of carbonyl (C=O) groups is 1. The van der Waals surface area contributed by atoms with Gasteiger partial charge in [-0.2, -0.15) is 10.4 Å². The third kappa shape index (κ3) is 3.76. The smallest absolute Gasteiger partial charge is 0.231 e. The van der Waals surface area contributed by atoms with Crippen molar-refractivity contribution < 1.29 is 4.79 Å². The molecular weight excluding hydrogens is 402 g/mol. The Bertz CT molecular complexity index is 1320. The molecule has 0 bridgehead atoms. The molecule has 0 unspecified atom stereocenters. The van der Waals surface area contributed by atoms with Crippen LogP contribution in [0.25, 0.3) is 11.0 Å². The van der Waals surface area contributed by atoms with E-state index < -0.39 is 0 Å². The second-order valence-corrected chi connectivity index (χ2v) is 7.66. The second-order valence-electron chi connectivity index (χ2n) is 7.66. The number of amides is 1. The highest BCUT2D eigenvalue weighted by Crippen LogP contribution is 2.33. The van der Waals surface area contributed by atoms with Crippen LogP contribution in [0.15, 0.2) is 61.1 Å². The molecule has 0 saturated carbocycles. The van der Waals surface area contributed by atoms with Gasteiger partial charge in [-0.15, -0.1) is 0 Å². The highest BCUT2D eigenvalue weighted by molar-refractivity contribution is 5.97. The van der Waals surface area contributed by atoms with Crippen LogP contribution in [0.2, 0.25) is 0 Å². The molecule has 4 aromatic rings. The van der Waals surface area contributed by atoms with Crippen molar-refractivity contribution in [3.8, 4) is 6.07 Å². The number of carbonyl (C=O) groups excluding carboxylic acids is 1. The average Bonchev–Trinajstić information content (AvgIpc) is 3.43. The van der Waals surface area contributed by atoms with E-state index in [4.69, 9.17) is 5.26 Å². The molecule has 8 nitrogen and oxygen atoms in total. The average molecular weight is 423 g/mol. The number of nitrogens with one attached hydrogen (secondary N) is 1. The number of aryl methyl sites for hydroxylation is 1. The van der Waals surface area contributed by atoms with Gasteiger partial charge in [0, 0.05) is 17.9 Å². The number of nitriles is 1. The first-order chi connectivity index (χ1) is 15.7. The molecule has 2 aromatic carbocycles. The maximum absolute atomic E-state index is 13.0. The Balaban J connectivity index is 1.39. The van der Waals surface area contributed by atoms with Gasteiger partial charge in [0.2, 0.25) is 5.91 Å². The maximum Gasteiger partial charge on any atom is 0.231 e. The van der Waals surface area contributed by atoms with Crippen molar-refractivity contribution in [1.29, 1.82) is 5.26 Å². The normalized spacial score (nSPS) is 12.5. The molecule has 5 rings (SSSR count). The van der Waals surface area contributed by atoms with Gasteiger partial charge < -0.3 is 10.2 Å². The van der Waals surface area contributed by atoms with Gasteiger partial charge in [-0.05, 0) is 29.7 Å². The number of hydrogen-bond acceptors (Lipinski definition) is 6. The molecule has 1 N–H and O–H groups in total. The first-order valence-electron chi connectivity index (χ1n) is 10.5. The molecule has 8 heteroatoms. The highest BCUT2D eigenvalue weighted by Gasteiger charge is 2.25. The molecule has 1 amide bonds. The van der Waals surface area contributed by atoms with E-state index in [0.29, 0.717) is 37.4 Å². The zero-order valence-electron chi connectivity index (χ0n) is 17.4. The highest BCUT2D eigenvalue weighted by atomic mass is 16.2. The summed E-state index contributed by atoms with van der Waals surface area (Å²) in [6, 6.07) is 18.0. The molecule has 1 aliphatic heterocycles. The fraction of sp³-hybridized carbons (Fsp3) is 0.208. The van der Waals surface area contributed by atoms with Crippen LogP contribution < -0.4 is 10.2 Å². The Hall–Kier alpha value is -4.25. The Kier molecular flexibility index (Phi) is 5.22. The quantitative estimate of drug-likeness (QED) is 0.508. The predicted octanol–water partition coefficient (Wildman–Crippen LogP) is 3.62. The van der Waals surface area contributed by atoms with Gasteiger partial charge in [-0.1, -0.05) is 36.4 Å². The second kappa shape index (κ2) is 8.47. The number of nitrogens with zero attached hydrogens (tertiary/aromatic N) is 6. The number of rotatable bonds is 6. The van der Waals surface area contributed by atoms with E-state index in [0.717, 1.165) is 34.3 Å². The standard InChI is InChI=1S/C24H21N7O/c25-10-4-11-31-24-20(15-28-31)23(26-16-27-24)29-19-8-7-18-9-12-30(21(18)14-19)22(32)13-17-5-2-1-3-6-17/h1-3,5-8,14-16H,4,9,11-13H2,(H,26,27,29). The van der Waals surface area contributed by atoms with Gasteiger partial charge in [-0.25, -0.2) is 14.6 Å². The van der Waals surface area contributed by atoms with Crippen molar-refractivity contribution in [3.05, 3.63) is 72.2 Å². The summed E-state index contributed by atoms with van der Waals surface area (Å²) in [5.74, 6) is 0.730. The van der Waals surface area contributed by atoms with Gasteiger partial charge >= 0.3 is 0 Å². The number of anilines is 3. The van der Waals surface area contributed by atoms with E-state index in [2.05, 4.69) is 32.5 Å². The summed E-state index contributed by atoms with van der Waals surface area (Å²) in [7, 11) is 0. The fourth-order valence-electron chi connectivity index (χ4n) is 4.03. The number of benzene rings is 2. The molecule has 2 aromatic heterocycles. The fourth-order valence-corrected chi connectivity index (χ4v) is 4.03. The van der Waals surface area contributed by atoms with Crippen LogP contribution in [0.3, 0.4) is 0 Å². The SMILES string of the molecule is N#CCCn1ncc2c(Nc3ccc4c(c3)N(C(=O)Cc3ccccc3)CC4)ncnc21. The summed E-state index contributed by atoms with van der Waals surface area (Å²) < 4.78 is 1.71. The Morgan fingerprint density at radius 3 is 2.88 bits per heavy atom. The van der Waals surface area contributed by atoms with Crippen molar-refractivity contribution in [2.45, 2.75) is 25.8 Å². The molecule has 3 heterocycles. The van der Waals surface area contributed by atoms with E-state index >= 15 is 0 Å². The molecule has 0 saturated heterocycles. The van der Waals surface area contributed by atoms with E-state index in [1.165, 1.54) is 6.33 Å². The lowest BCUT2D eigenvalue weighted by Gasteiger charge is -2.18. The number of aromatic nitrogens is 4. The Labute approximate surface area is 185 Å². The van der Waals surface area contributed by atoms with Gasteiger partial charge in [0.25, 0.3) is 0 Å². The third-order valence-electron chi connectivity index (χ3n) is 5.61. The summed E-state index contributed by atoms with van der Waals surface area (Å²) in [5.41, 5.74) is 4.63. The summed E-state index contributed by atoms with van der Waals surface area (Å²) in [6.07, 6.45) is 4.78. The summed E-state index contributed by atoms with van der Waals surface area (Å²) in [5, 5.41) is 17.3. The molecule has 0 spiro atoms. The zero-order chi connectivity index (χ0) is 21.9. The maximum atomic E-state index is 13.0. The first kappa shape index (κ1) is 19.7. The van der Waals surface area contributed by atoms with Crippen LogP contribution in [-0.4, -0.2) is 32.2 Å². The molecule has 0 fully saturated rings. The molecule has 0 atom stereocenters. The lowest BCUT2D eigenvalue weighted by Crippen LogP contribution is -2.30. The topological polar surface area (TPSA) is 99.7 Å². The molecule has 0 radical (unpaired) electrons. The van der Waals surface area contributed by atoms with Gasteiger partial charge in [0.1, 0.15) is 12.1 Å². The van der Waals surface area contributed by atoms with Crippen molar-refractivity contribution in [3.63, 3.8) is 0 Å². The van der Waals surface area contributed by atoms with Crippen molar-refractivity contribution in [2.24, 2.45) is 0 Å². The number of hydrogen-bond donors (Lipinski definition) is 1. The minimum absolute atomic E-state index is 0.0929. The largest absolute Gasteiger partial charge is 0.339 e. The first-order valence-corrected chi connectivity index (χ1v) is 10.5. The van der Waals surface area contributed by atoms with Crippen LogP contribution in [0.4, 0.5) is 17.2 Å². The summed E-state index contributed by atoms with van der Waals surface area (Å²) in [4.78, 5) is 23.5. The molecule has 158 valence electrons.